The predicted molar refractivity (Wildman–Crippen MR) is 79.9 cm³/mol. The fourth-order valence-electron chi connectivity index (χ4n) is 1.93. The molecule has 0 fully saturated rings. The van der Waals surface area contributed by atoms with Crippen molar-refractivity contribution in [2.45, 2.75) is 0 Å². The lowest BCUT2D eigenvalue weighted by molar-refractivity contribution is 0.102. The number of nitrogens with one attached hydrogen (secondary N) is 2. The standard InChI is InChI=1S/C14H11ClN4O/c15-8-1-4-10(5-2-8)17-14(20)13-11-7-9(16)3-6-12(11)18-19-13/h1-7H,16H2,(H,17,20)(H,18,19). The van der Waals surface area contributed by atoms with Gasteiger partial charge in [0.25, 0.3) is 5.91 Å². The van der Waals surface area contributed by atoms with Crippen molar-refractivity contribution < 1.29 is 4.79 Å². The van der Waals surface area contributed by atoms with Crippen molar-refractivity contribution in [3.63, 3.8) is 0 Å². The summed E-state index contributed by atoms with van der Waals surface area (Å²) in [6.07, 6.45) is 0. The van der Waals surface area contributed by atoms with Crippen LogP contribution in [0.2, 0.25) is 5.02 Å². The number of carbonyl (C=O) groups excluding carboxylic acids is 1. The largest absolute Gasteiger partial charge is 0.399 e. The first-order valence-corrected chi connectivity index (χ1v) is 6.32. The molecule has 1 amide bonds. The molecule has 3 rings (SSSR count). The molecule has 2 aromatic carbocycles. The van der Waals surface area contributed by atoms with Crippen molar-refractivity contribution in [1.29, 1.82) is 0 Å². The first-order valence-electron chi connectivity index (χ1n) is 5.94. The number of fused-ring (bicyclic) bond motifs is 1. The Labute approximate surface area is 119 Å². The van der Waals surface area contributed by atoms with Crippen LogP contribution in [0.1, 0.15) is 10.5 Å². The maximum absolute atomic E-state index is 12.2. The first kappa shape index (κ1) is 12.5. The summed E-state index contributed by atoms with van der Waals surface area (Å²) in [5, 5.41) is 10.9. The highest BCUT2D eigenvalue weighted by atomic mass is 35.5. The number of hydrogen-bond acceptors (Lipinski definition) is 3. The minimum Gasteiger partial charge on any atom is -0.399 e. The summed E-state index contributed by atoms with van der Waals surface area (Å²) in [7, 11) is 0. The molecule has 0 spiro atoms. The second-order valence-electron chi connectivity index (χ2n) is 4.34. The van der Waals surface area contributed by atoms with Crippen LogP contribution in [0.3, 0.4) is 0 Å². The monoisotopic (exact) mass is 286 g/mol. The number of nitrogen functional groups attached to an aromatic ring is 1. The predicted octanol–water partition coefficient (Wildman–Crippen LogP) is 3.05. The van der Waals surface area contributed by atoms with Gasteiger partial charge in [0.1, 0.15) is 0 Å². The Hall–Kier alpha value is -2.53. The third kappa shape index (κ3) is 2.31. The van der Waals surface area contributed by atoms with Gasteiger partial charge < -0.3 is 11.1 Å². The molecule has 1 aromatic heterocycles. The molecule has 0 radical (unpaired) electrons. The number of carbonyl (C=O) groups is 1. The van der Waals surface area contributed by atoms with Gasteiger partial charge in [-0.1, -0.05) is 11.6 Å². The third-order valence-corrected chi connectivity index (χ3v) is 3.16. The van der Waals surface area contributed by atoms with Crippen molar-refractivity contribution in [2.24, 2.45) is 0 Å². The van der Waals surface area contributed by atoms with E-state index in [1.807, 2.05) is 0 Å². The highest BCUT2D eigenvalue weighted by Gasteiger charge is 2.14. The van der Waals surface area contributed by atoms with Gasteiger partial charge in [0.2, 0.25) is 0 Å². The molecule has 0 atom stereocenters. The third-order valence-electron chi connectivity index (χ3n) is 2.90. The van der Waals surface area contributed by atoms with Crippen molar-refractivity contribution in [2.75, 3.05) is 11.1 Å². The normalized spacial score (nSPS) is 10.7. The van der Waals surface area contributed by atoms with Crippen molar-refractivity contribution in [3.8, 4) is 0 Å². The Morgan fingerprint density at radius 2 is 1.95 bits per heavy atom. The van der Waals surface area contributed by atoms with Gasteiger partial charge in [0.15, 0.2) is 5.69 Å². The van der Waals surface area contributed by atoms with Crippen LogP contribution in [0, 0.1) is 0 Å². The van der Waals surface area contributed by atoms with Gasteiger partial charge in [0, 0.05) is 21.8 Å². The number of aromatic nitrogens is 2. The van der Waals surface area contributed by atoms with Gasteiger partial charge in [-0.3, -0.25) is 9.89 Å². The second kappa shape index (κ2) is 4.86. The summed E-state index contributed by atoms with van der Waals surface area (Å²) in [4.78, 5) is 12.2. The van der Waals surface area contributed by atoms with Crippen molar-refractivity contribution >= 4 is 39.8 Å². The number of nitrogens with zero attached hydrogens (tertiary/aromatic N) is 1. The van der Waals surface area contributed by atoms with E-state index in [4.69, 9.17) is 17.3 Å². The quantitative estimate of drug-likeness (QED) is 0.633. The van der Waals surface area contributed by atoms with E-state index in [2.05, 4.69) is 15.5 Å². The Morgan fingerprint density at radius 3 is 2.70 bits per heavy atom. The lowest BCUT2D eigenvalue weighted by Crippen LogP contribution is -2.12. The van der Waals surface area contributed by atoms with E-state index in [0.29, 0.717) is 27.5 Å². The Kier molecular flexibility index (Phi) is 3.04. The minimum absolute atomic E-state index is 0.302. The number of hydrogen-bond donors (Lipinski definition) is 3. The van der Waals surface area contributed by atoms with E-state index in [-0.39, 0.29) is 5.91 Å². The zero-order chi connectivity index (χ0) is 14.1. The van der Waals surface area contributed by atoms with E-state index in [1.54, 1.807) is 42.5 Å². The zero-order valence-corrected chi connectivity index (χ0v) is 11.1. The molecule has 0 saturated heterocycles. The second-order valence-corrected chi connectivity index (χ2v) is 4.77. The van der Waals surface area contributed by atoms with Crippen LogP contribution in [-0.2, 0) is 0 Å². The Balaban J connectivity index is 1.92. The van der Waals surface area contributed by atoms with Crippen LogP contribution in [0.15, 0.2) is 42.5 Å². The summed E-state index contributed by atoms with van der Waals surface area (Å²) in [5.74, 6) is -0.302. The molecule has 6 heteroatoms. The highest BCUT2D eigenvalue weighted by molar-refractivity contribution is 6.30. The molecule has 0 saturated carbocycles. The fraction of sp³-hybridized carbons (Fsp3) is 0. The maximum Gasteiger partial charge on any atom is 0.276 e. The van der Waals surface area contributed by atoms with Crippen LogP contribution in [0.4, 0.5) is 11.4 Å². The SMILES string of the molecule is Nc1ccc2[nH]nc(C(=O)Nc3ccc(Cl)cc3)c2c1. The van der Waals surface area contributed by atoms with Crippen LogP contribution < -0.4 is 11.1 Å². The molecule has 1 heterocycles. The average molecular weight is 287 g/mol. The molecule has 5 nitrogen and oxygen atoms in total. The van der Waals surface area contributed by atoms with Crippen molar-refractivity contribution in [1.82, 2.24) is 10.2 Å². The summed E-state index contributed by atoms with van der Waals surface area (Å²) in [5.41, 5.74) is 8.04. The fourth-order valence-corrected chi connectivity index (χ4v) is 2.05. The van der Waals surface area contributed by atoms with Crippen LogP contribution in [0.25, 0.3) is 10.9 Å². The Morgan fingerprint density at radius 1 is 1.20 bits per heavy atom. The van der Waals surface area contributed by atoms with E-state index in [1.165, 1.54) is 0 Å². The van der Waals surface area contributed by atoms with E-state index in [9.17, 15) is 4.79 Å². The molecule has 0 aliphatic rings. The number of halogens is 1. The van der Waals surface area contributed by atoms with Crippen LogP contribution >= 0.6 is 11.6 Å². The van der Waals surface area contributed by atoms with Crippen LogP contribution in [-0.4, -0.2) is 16.1 Å². The molecule has 0 aliphatic heterocycles. The first-order chi connectivity index (χ1) is 9.63. The molecular formula is C14H11ClN4O. The summed E-state index contributed by atoms with van der Waals surface area (Å²) in [6.45, 7) is 0. The Bertz CT molecular complexity index is 779. The van der Waals surface area contributed by atoms with E-state index < -0.39 is 0 Å². The topological polar surface area (TPSA) is 83.8 Å². The molecule has 3 aromatic rings. The highest BCUT2D eigenvalue weighted by Crippen LogP contribution is 2.20. The lowest BCUT2D eigenvalue weighted by Gasteiger charge is -2.03. The number of rotatable bonds is 2. The molecular weight excluding hydrogens is 276 g/mol. The molecule has 0 unspecified atom stereocenters. The molecule has 20 heavy (non-hydrogen) atoms. The van der Waals surface area contributed by atoms with Gasteiger partial charge >= 0.3 is 0 Å². The number of nitrogens with two attached hydrogens (primary N) is 1. The molecule has 0 aliphatic carbocycles. The summed E-state index contributed by atoms with van der Waals surface area (Å²) >= 11 is 5.80. The van der Waals surface area contributed by atoms with Gasteiger partial charge in [0.05, 0.1) is 5.52 Å². The van der Waals surface area contributed by atoms with Crippen molar-refractivity contribution in [3.05, 3.63) is 53.2 Å². The number of anilines is 2. The number of amides is 1. The minimum atomic E-state index is -0.302. The smallest absolute Gasteiger partial charge is 0.276 e. The van der Waals surface area contributed by atoms with Crippen LogP contribution in [0.5, 0.6) is 0 Å². The van der Waals surface area contributed by atoms with Gasteiger partial charge in [-0.05, 0) is 42.5 Å². The summed E-state index contributed by atoms with van der Waals surface area (Å²) < 4.78 is 0. The molecule has 100 valence electrons. The van der Waals surface area contributed by atoms with Gasteiger partial charge in [-0.25, -0.2) is 0 Å². The van der Waals surface area contributed by atoms with Gasteiger partial charge in [-0.2, -0.15) is 5.10 Å². The maximum atomic E-state index is 12.2. The zero-order valence-electron chi connectivity index (χ0n) is 10.4. The average Bonchev–Trinajstić information content (AvgIpc) is 2.84. The van der Waals surface area contributed by atoms with Gasteiger partial charge in [-0.15, -0.1) is 0 Å². The number of benzene rings is 2. The summed E-state index contributed by atoms with van der Waals surface area (Å²) in [6, 6.07) is 12.1. The molecule has 0 bridgehead atoms. The van der Waals surface area contributed by atoms with E-state index in [0.717, 1.165) is 5.52 Å². The van der Waals surface area contributed by atoms with E-state index >= 15 is 0 Å². The number of aromatic amines is 1. The molecule has 4 N–H and O–H groups in total. The number of H-pyrrole nitrogens is 1. The lowest BCUT2D eigenvalue weighted by atomic mass is 10.2.